The Labute approximate surface area is 591 Å². The fraction of sp³-hybridized carbons (Fsp3) is 0.393. The lowest BCUT2D eigenvalue weighted by Gasteiger charge is -2.27. The standard InChI is InChI=1S/C20H22N2O9S2.C18H18N2O9S2.C14H22N2O6S2.C8H10O4.CH4.B.H2/c1-5-31-19-12(17(24)18(19)25)9-15-20(2,3)13-8-11(33(28,29)30)6-7-14(13)22(15)10-16(23)21-32(4,26)27;1-18(2)11-6-9(31(27,28)29)4-5-12(11)20(8-14(21)19-30(3,25)26)13(18)7-10-15(22)17(24)16(10)23;1-5-14(2,3)11-8-10(24(20,21)22)6-7-12(11)15-9-13(17)16-23(4,18)19;1-3-11-7-5(9)6(10)8(7)12-4-2;;;/h6-9H,5,10H2,1-4H3,(H,21,23)(H,28,29,30);4-7,22H,8H2,1-3H3,(H,19,21)(H,27,28,29);6-8,15H,5,9H2,1-4H3,(H,16,17)(H,20,21,22);3-4H2,1-2H3;1H4;;1H/p-2/b15-9-;13-7-;;;;;/i;;;;;;1+1. The monoisotopic (exact) mass is 1540 g/mol. The van der Waals surface area contributed by atoms with Crippen LogP contribution in [-0.4, -0.2) is 154 Å². The highest BCUT2D eigenvalue weighted by atomic mass is 32.2. The van der Waals surface area contributed by atoms with Crippen molar-refractivity contribution in [2.45, 2.75) is 114 Å². The van der Waals surface area contributed by atoms with Crippen molar-refractivity contribution in [1.29, 1.82) is 0 Å². The van der Waals surface area contributed by atoms with E-state index in [-0.39, 0.29) is 75.1 Å². The predicted octanol–water partition coefficient (Wildman–Crippen LogP) is -0.963. The molecular formula is C61H76BN6O28S6-2. The van der Waals surface area contributed by atoms with Crippen LogP contribution in [0.3, 0.4) is 0 Å². The van der Waals surface area contributed by atoms with E-state index in [4.69, 9.17) is 14.2 Å². The second-order valence-electron chi connectivity index (χ2n) is 23.9. The summed E-state index contributed by atoms with van der Waals surface area (Å²) in [5, 5.41) is 11.2. The van der Waals surface area contributed by atoms with Crippen LogP contribution in [0.4, 0.5) is 17.1 Å². The smallest absolute Gasteiger partial charge is 0.288 e. The van der Waals surface area contributed by atoms with E-state index in [9.17, 15) is 112 Å². The molecule has 0 atom stereocenters. The first kappa shape index (κ1) is 87.4. The number of aromatic hydroxyl groups is 1. The summed E-state index contributed by atoms with van der Waals surface area (Å²) in [7, 11) is -25.5. The molecule has 0 bridgehead atoms. The number of carbonyl (C=O) groups excluding carboxylic acids is 3. The minimum atomic E-state index is -4.79. The summed E-state index contributed by atoms with van der Waals surface area (Å²) in [5.41, 5.74) is -4.68. The fourth-order valence-electron chi connectivity index (χ4n) is 10.3. The lowest BCUT2D eigenvalue weighted by molar-refractivity contribution is -0.560. The number of nitrogens with one attached hydrogen (secondary N) is 3. The number of fused-ring (bicyclic) bond motifs is 2. The van der Waals surface area contributed by atoms with Crippen molar-refractivity contribution in [2.24, 2.45) is 0 Å². The van der Waals surface area contributed by atoms with Gasteiger partial charge in [-0.25, -0.2) is 55.2 Å². The number of benzene rings is 3. The van der Waals surface area contributed by atoms with E-state index in [0.717, 1.165) is 37.0 Å². The van der Waals surface area contributed by atoms with Gasteiger partial charge in [-0.2, -0.15) is 0 Å². The number of hydrogen-bond acceptors (Lipinski definition) is 30. The number of sulfonamides is 3. The number of anilines is 2. The topological polar surface area (TPSA) is 535 Å². The lowest BCUT2D eigenvalue weighted by Crippen LogP contribution is -2.81. The molecule has 0 aliphatic carbocycles. The Balaban J connectivity index is 0.000000483. The molecule has 2 heterocycles. The molecule has 0 aromatic heterocycles. The van der Waals surface area contributed by atoms with Gasteiger partial charge in [0.1, 0.15) is 49.1 Å². The summed E-state index contributed by atoms with van der Waals surface area (Å²) in [6, 6.07) is 10.9. The Morgan fingerprint density at radius 2 is 0.863 bits per heavy atom. The van der Waals surface area contributed by atoms with Crippen molar-refractivity contribution in [3.63, 3.8) is 0 Å². The molecule has 0 fully saturated rings. The molecule has 34 nitrogen and oxygen atoms in total. The van der Waals surface area contributed by atoms with E-state index in [1.165, 1.54) is 63.7 Å². The van der Waals surface area contributed by atoms with Crippen molar-refractivity contribution >= 4 is 116 Å². The zero-order valence-electron chi connectivity index (χ0n) is 56.3. The lowest BCUT2D eigenvalue weighted by atomic mass is 9.81. The predicted molar refractivity (Wildman–Crippen MR) is 372 cm³/mol. The van der Waals surface area contributed by atoms with Crippen LogP contribution >= 0.6 is 0 Å². The zero-order valence-corrected chi connectivity index (χ0v) is 61.2. The van der Waals surface area contributed by atoms with Gasteiger partial charge in [0.2, 0.25) is 52.4 Å². The van der Waals surface area contributed by atoms with Gasteiger partial charge in [-0.1, -0.05) is 55.9 Å². The number of carbonyl (C=O) groups is 3. The molecule has 6 N–H and O–H groups in total. The summed E-state index contributed by atoms with van der Waals surface area (Å²) < 4.78 is 191. The van der Waals surface area contributed by atoms with Crippen LogP contribution < -0.4 is 76.1 Å². The van der Waals surface area contributed by atoms with Crippen LogP contribution in [0, 0.1) is 0 Å². The van der Waals surface area contributed by atoms with E-state index < -0.39 is 156 Å². The quantitative estimate of drug-likeness (QED) is 0.0223. The second-order valence-corrected chi connectivity index (χ2v) is 33.3. The molecule has 0 saturated carbocycles. The first-order chi connectivity index (χ1) is 45.6. The van der Waals surface area contributed by atoms with Gasteiger partial charge >= 0.3 is 0 Å². The second kappa shape index (κ2) is 32.2. The average molecular weight is 1550 g/mol. The normalized spacial score (nSPS) is 14.9. The van der Waals surface area contributed by atoms with Gasteiger partial charge in [-0.3, -0.25) is 52.6 Å². The Hall–Kier alpha value is -8.81. The maximum atomic E-state index is 12.4. The number of allylic oxidation sites excluding steroid dienone is 2. The number of amides is 3. The van der Waals surface area contributed by atoms with E-state index in [2.05, 4.69) is 0 Å². The molecule has 41 heteroatoms. The molecule has 0 saturated heterocycles. The minimum absolute atomic E-state index is 0. The van der Waals surface area contributed by atoms with E-state index in [0.29, 0.717) is 53.4 Å². The molecular weight excluding hydrogens is 1470 g/mol. The number of ether oxygens (including phenoxy) is 3. The third-order valence-corrected chi connectivity index (χ3v) is 19.6. The molecule has 102 heavy (non-hydrogen) atoms. The molecule has 8 rings (SSSR count). The van der Waals surface area contributed by atoms with Crippen molar-refractivity contribution in [3.8, 4) is 23.0 Å². The van der Waals surface area contributed by atoms with Crippen LogP contribution in [-0.2, 0) is 91.1 Å². The summed E-state index contributed by atoms with van der Waals surface area (Å²) in [6.07, 6.45) is 5.69. The van der Waals surface area contributed by atoms with Gasteiger partial charge in [0.25, 0.3) is 39.4 Å². The van der Waals surface area contributed by atoms with Crippen LogP contribution in [0.5, 0.6) is 23.0 Å². The van der Waals surface area contributed by atoms with Crippen molar-refractivity contribution in [2.75, 3.05) is 68.0 Å². The van der Waals surface area contributed by atoms with Crippen molar-refractivity contribution in [3.05, 3.63) is 155 Å². The summed E-state index contributed by atoms with van der Waals surface area (Å²) >= 11 is 0. The Morgan fingerprint density at radius 1 is 0.529 bits per heavy atom. The van der Waals surface area contributed by atoms with E-state index in [1.54, 1.807) is 53.2 Å². The maximum absolute atomic E-state index is 12.4. The summed E-state index contributed by atoms with van der Waals surface area (Å²) in [4.78, 5) is 107. The summed E-state index contributed by atoms with van der Waals surface area (Å²) in [5.74, 6) is -3.25. The third-order valence-electron chi connectivity index (χ3n) is 15.3. The highest BCUT2D eigenvalue weighted by Crippen LogP contribution is 2.51. The van der Waals surface area contributed by atoms with Crippen LogP contribution in [0.1, 0.15) is 112 Å². The Morgan fingerprint density at radius 3 is 1.22 bits per heavy atom. The molecule has 6 aromatic rings. The van der Waals surface area contributed by atoms with Gasteiger partial charge in [0.05, 0.1) is 64.4 Å². The van der Waals surface area contributed by atoms with Crippen LogP contribution in [0.25, 0.3) is 12.2 Å². The number of rotatable bonds is 23. The molecule has 3 radical (unpaired) electrons. The summed E-state index contributed by atoms with van der Waals surface area (Å²) in [6.45, 7) is 17.0. The van der Waals surface area contributed by atoms with Crippen LogP contribution in [0.15, 0.2) is 109 Å². The number of nitrogens with zero attached hydrogens (tertiary/aromatic N) is 2. The molecule has 559 valence electrons. The van der Waals surface area contributed by atoms with Gasteiger partial charge in [0, 0.05) is 55.1 Å². The molecule has 0 unspecified atom stereocenters. The molecule has 2 aliphatic heterocycles. The number of nitrogens with two attached hydrogens (primary N) is 1. The number of hydrogen-bond donors (Lipinski definition) is 5. The molecule has 2 aliphatic rings. The van der Waals surface area contributed by atoms with Gasteiger partial charge in [0.15, 0.2) is 18.0 Å². The van der Waals surface area contributed by atoms with E-state index >= 15 is 0 Å². The SMILES string of the molecule is C.CC1(C)/C(=C/c2c(O)c(=O)c2=O)N(CC(=O)NS(C)(=O)=O)c2ccc(S(=O)(=O)[O-])cc21.CCC(C)(C)c1cc(S(=O)(=O)[O-])ccc1[NH2+]CC(=O)NS(C)(=O)=O.CCOc1c(/C=C2\N(CC(=O)NS(C)(=O)=O)c3ccc(S(=O)(=O)[O-])cc3C2(C)C)c(=O)c1=O.CCOc1c(OCC)c(=O)c1=O.[2HH].[B]. The van der Waals surface area contributed by atoms with Gasteiger partial charge in [-0.15, -0.1) is 0 Å². The van der Waals surface area contributed by atoms with Crippen molar-refractivity contribution < 1.29 is 105 Å². The van der Waals surface area contributed by atoms with Gasteiger partial charge in [-0.05, 0) is 104 Å². The molecule has 0 spiro atoms. The highest BCUT2D eigenvalue weighted by molar-refractivity contribution is 7.90. The fourth-order valence-corrected chi connectivity index (χ4v) is 13.2. The first-order valence-electron chi connectivity index (χ1n) is 29.3. The largest absolute Gasteiger partial charge is 0.744 e. The number of quaternary nitrogens is 1. The Kier molecular flexibility index (Phi) is 27.6. The Bertz CT molecular complexity index is 5270. The van der Waals surface area contributed by atoms with Crippen molar-refractivity contribution in [1.82, 2.24) is 14.2 Å². The molecule has 6 aromatic carbocycles. The minimum Gasteiger partial charge on any atom is -0.744 e. The average Bonchev–Trinajstić information content (AvgIpc) is 1.59. The first-order valence-corrected chi connectivity index (χ1v) is 39.2. The van der Waals surface area contributed by atoms with Gasteiger partial charge < -0.3 is 48.1 Å². The maximum Gasteiger partial charge on any atom is 0.288 e. The highest BCUT2D eigenvalue weighted by Gasteiger charge is 2.44. The zero-order chi connectivity index (χ0) is 76.3. The van der Waals surface area contributed by atoms with Crippen LogP contribution in [0.2, 0.25) is 0 Å². The third kappa shape index (κ3) is 20.5. The molecule has 3 amide bonds. The van der Waals surface area contributed by atoms with E-state index in [1.807, 2.05) is 30.2 Å².